The summed E-state index contributed by atoms with van der Waals surface area (Å²) in [6.07, 6.45) is 8.47. The summed E-state index contributed by atoms with van der Waals surface area (Å²) in [5.41, 5.74) is 1.29. The Morgan fingerprint density at radius 2 is 2.00 bits per heavy atom. The second-order valence-corrected chi connectivity index (χ2v) is 5.54. The van der Waals surface area contributed by atoms with Gasteiger partial charge in [0.2, 0.25) is 0 Å². The Morgan fingerprint density at radius 3 is 2.58 bits per heavy atom. The maximum absolute atomic E-state index is 10.1. The molecule has 114 valence electrons. The highest BCUT2D eigenvalue weighted by Crippen LogP contribution is 2.34. The van der Waals surface area contributed by atoms with Crippen LogP contribution < -0.4 is 0 Å². The minimum Gasteiger partial charge on any atom is -0.389 e. The number of aliphatic hydroxyl groups is 1. The van der Waals surface area contributed by atoms with E-state index in [4.69, 9.17) is 4.74 Å². The summed E-state index contributed by atoms with van der Waals surface area (Å²) in [5.74, 6) is 0.680. The fourth-order valence-corrected chi connectivity index (χ4v) is 2.54. The number of hydrogen-bond donors (Lipinski definition) is 1. The molecule has 2 heteroatoms. The quantitative estimate of drug-likeness (QED) is 0.422. The monoisotopic (exact) mass is 269 g/mol. The first-order valence-electron chi connectivity index (χ1n) is 7.39. The molecule has 0 saturated heterocycles. The van der Waals surface area contributed by atoms with E-state index < -0.39 is 0 Å². The third kappa shape index (κ3) is 5.27. The van der Waals surface area contributed by atoms with Gasteiger partial charge in [0.25, 0.3) is 0 Å². The van der Waals surface area contributed by atoms with Crippen LogP contribution in [0.4, 0.5) is 0 Å². The van der Waals surface area contributed by atoms with Gasteiger partial charge in [-0.25, -0.2) is 0 Å². The van der Waals surface area contributed by atoms with Crippen molar-refractivity contribution >= 4 is 0 Å². The lowest BCUT2D eigenvalue weighted by atomic mass is 9.76. The second-order valence-electron chi connectivity index (χ2n) is 5.54. The molecule has 0 heterocycles. The van der Waals surface area contributed by atoms with E-state index in [9.17, 15) is 5.11 Å². The molecule has 1 N–H and O–H groups in total. The van der Waals surface area contributed by atoms with Crippen LogP contribution in [0.2, 0.25) is 0 Å². The molecule has 4 atom stereocenters. The Hall–Kier alpha value is -0.340. The van der Waals surface area contributed by atoms with Crippen molar-refractivity contribution in [2.24, 2.45) is 11.8 Å². The number of rotatable bonds is 7. The summed E-state index contributed by atoms with van der Waals surface area (Å²) in [6, 6.07) is 0. The van der Waals surface area contributed by atoms with Crippen LogP contribution in [-0.4, -0.2) is 23.9 Å². The molecule has 4 unspecified atom stereocenters. The van der Waals surface area contributed by atoms with Gasteiger partial charge in [-0.15, -0.1) is 0 Å². The lowest BCUT2D eigenvalue weighted by Gasteiger charge is -2.38. The summed E-state index contributed by atoms with van der Waals surface area (Å²) in [4.78, 5) is 0. The number of hydrogen-bond acceptors (Lipinski definition) is 2. The third-order valence-corrected chi connectivity index (χ3v) is 4.11. The molecule has 0 fully saturated rings. The van der Waals surface area contributed by atoms with Crippen LogP contribution in [0.3, 0.4) is 0 Å². The standard InChI is InChI=1S/C16H29O2.CH4/c1-5-7-9-14-11-15(17)12(3)13(4)16(14)18-10-8-6-2;/h5,11-13,15-17H,6-10H2,1-4H3;1H4/q-1;. The normalized spacial score (nSPS) is 30.7. The van der Waals surface area contributed by atoms with Crippen molar-refractivity contribution in [2.45, 2.75) is 73.0 Å². The fourth-order valence-electron chi connectivity index (χ4n) is 2.54. The molecule has 19 heavy (non-hydrogen) atoms. The molecule has 0 spiro atoms. The smallest absolute Gasteiger partial charge is 0.0814 e. The van der Waals surface area contributed by atoms with Crippen LogP contribution in [0.15, 0.2) is 11.6 Å². The van der Waals surface area contributed by atoms with Gasteiger partial charge in [-0.2, -0.15) is 13.3 Å². The fraction of sp³-hybridized carbons (Fsp3) is 0.824. The number of aliphatic hydroxyl groups excluding tert-OH is 1. The third-order valence-electron chi connectivity index (χ3n) is 4.11. The van der Waals surface area contributed by atoms with Crippen molar-refractivity contribution < 1.29 is 9.84 Å². The van der Waals surface area contributed by atoms with E-state index in [1.54, 1.807) is 0 Å². The molecular weight excluding hydrogens is 236 g/mol. The van der Waals surface area contributed by atoms with Crippen LogP contribution in [0.1, 0.15) is 60.8 Å². The maximum Gasteiger partial charge on any atom is 0.0814 e. The Morgan fingerprint density at radius 1 is 1.32 bits per heavy atom. The summed E-state index contributed by atoms with van der Waals surface area (Å²) in [5, 5.41) is 10.1. The van der Waals surface area contributed by atoms with Gasteiger partial charge in [-0.1, -0.05) is 47.1 Å². The summed E-state index contributed by atoms with van der Waals surface area (Å²) >= 11 is 0. The van der Waals surface area contributed by atoms with E-state index in [0.717, 1.165) is 25.9 Å². The molecule has 1 rings (SSSR count). The van der Waals surface area contributed by atoms with E-state index in [1.165, 1.54) is 12.0 Å². The van der Waals surface area contributed by atoms with Gasteiger partial charge in [0, 0.05) is 6.61 Å². The molecule has 0 amide bonds. The molecule has 0 aromatic carbocycles. The average molecular weight is 269 g/mol. The van der Waals surface area contributed by atoms with Gasteiger partial charge >= 0.3 is 0 Å². The van der Waals surface area contributed by atoms with E-state index in [1.807, 2.05) is 6.08 Å². The Bertz CT molecular complexity index is 260. The van der Waals surface area contributed by atoms with Gasteiger partial charge in [-0.05, 0) is 23.8 Å². The largest absolute Gasteiger partial charge is 0.389 e. The predicted molar refractivity (Wildman–Crippen MR) is 83.0 cm³/mol. The first-order valence-corrected chi connectivity index (χ1v) is 7.39. The molecule has 1 aliphatic rings. The molecule has 0 bridgehead atoms. The molecular formula is C17H33O2-. The highest BCUT2D eigenvalue weighted by Gasteiger charge is 2.33. The molecule has 0 aliphatic heterocycles. The lowest BCUT2D eigenvalue weighted by Crippen LogP contribution is -2.39. The second kappa shape index (κ2) is 9.55. The summed E-state index contributed by atoms with van der Waals surface area (Å²) < 4.78 is 6.07. The topological polar surface area (TPSA) is 29.5 Å². The van der Waals surface area contributed by atoms with Crippen molar-refractivity contribution in [3.63, 3.8) is 0 Å². The van der Waals surface area contributed by atoms with Gasteiger partial charge < -0.3 is 16.3 Å². The highest BCUT2D eigenvalue weighted by molar-refractivity contribution is 5.18. The zero-order valence-corrected chi connectivity index (χ0v) is 12.4. The molecule has 0 radical (unpaired) electrons. The van der Waals surface area contributed by atoms with Gasteiger partial charge in [0.15, 0.2) is 0 Å². The lowest BCUT2D eigenvalue weighted by molar-refractivity contribution is -0.0119. The minimum atomic E-state index is -0.308. The maximum atomic E-state index is 10.1. The Balaban J connectivity index is 0.00000324. The van der Waals surface area contributed by atoms with Gasteiger partial charge in [0.05, 0.1) is 12.2 Å². The van der Waals surface area contributed by atoms with Crippen LogP contribution in [-0.2, 0) is 4.74 Å². The van der Waals surface area contributed by atoms with E-state index in [2.05, 4.69) is 34.1 Å². The molecule has 0 saturated carbocycles. The zero-order chi connectivity index (χ0) is 13.5. The first-order chi connectivity index (χ1) is 8.61. The highest BCUT2D eigenvalue weighted by atomic mass is 16.5. The summed E-state index contributed by atoms with van der Waals surface area (Å²) in [6.45, 7) is 9.42. The summed E-state index contributed by atoms with van der Waals surface area (Å²) in [7, 11) is 0. The number of ether oxygens (including phenoxy) is 1. The van der Waals surface area contributed by atoms with Crippen LogP contribution in [0.5, 0.6) is 0 Å². The molecule has 0 aromatic rings. The van der Waals surface area contributed by atoms with Gasteiger partial charge in [-0.3, -0.25) is 0 Å². The minimum absolute atomic E-state index is 0. The first kappa shape index (κ1) is 18.7. The van der Waals surface area contributed by atoms with Gasteiger partial charge in [0.1, 0.15) is 0 Å². The van der Waals surface area contributed by atoms with E-state index in [0.29, 0.717) is 5.92 Å². The van der Waals surface area contributed by atoms with Crippen molar-refractivity contribution in [1.82, 2.24) is 0 Å². The van der Waals surface area contributed by atoms with Crippen molar-refractivity contribution in [1.29, 1.82) is 0 Å². The Labute approximate surface area is 120 Å². The number of unbranched alkanes of at least 4 members (excludes halogenated alkanes) is 2. The van der Waals surface area contributed by atoms with Crippen LogP contribution in [0, 0.1) is 18.3 Å². The van der Waals surface area contributed by atoms with E-state index in [-0.39, 0.29) is 25.6 Å². The average Bonchev–Trinajstić information content (AvgIpc) is 2.37. The van der Waals surface area contributed by atoms with E-state index >= 15 is 0 Å². The predicted octanol–water partition coefficient (Wildman–Crippen LogP) is 4.39. The zero-order valence-electron chi connectivity index (χ0n) is 12.4. The van der Waals surface area contributed by atoms with Crippen molar-refractivity contribution in [3.8, 4) is 0 Å². The van der Waals surface area contributed by atoms with Crippen LogP contribution >= 0.6 is 0 Å². The SMILES string of the molecule is C.C[CH-]CCC1=CC(O)C(C)C(C)C1OCCCC. The molecule has 2 nitrogen and oxygen atoms in total. The Kier molecular flexibility index (Phi) is 9.38. The van der Waals surface area contributed by atoms with Crippen molar-refractivity contribution in [3.05, 3.63) is 18.1 Å². The molecule has 0 aromatic heterocycles. The van der Waals surface area contributed by atoms with Crippen LogP contribution in [0.25, 0.3) is 0 Å². The van der Waals surface area contributed by atoms with Crippen molar-refractivity contribution in [2.75, 3.05) is 6.61 Å². The molecule has 1 aliphatic carbocycles.